The number of benzene rings is 7. The molecule has 0 unspecified atom stereocenters. The fourth-order valence-electron chi connectivity index (χ4n) is 14.0. The quantitative estimate of drug-likeness (QED) is 0.137. The lowest BCUT2D eigenvalue weighted by Crippen LogP contribution is -2.44. The van der Waals surface area contributed by atoms with Crippen molar-refractivity contribution >= 4 is 46.6 Å². The van der Waals surface area contributed by atoms with Crippen LogP contribution >= 0.6 is 0 Å². The van der Waals surface area contributed by atoms with Crippen LogP contribution in [0.3, 0.4) is 0 Å². The zero-order valence-electron chi connectivity index (χ0n) is 49.5. The molecule has 2 nitrogen and oxygen atoms in total. The third-order valence-corrected chi connectivity index (χ3v) is 19.3. The van der Waals surface area contributed by atoms with E-state index < -0.39 is 0 Å². The van der Waals surface area contributed by atoms with Crippen molar-refractivity contribution in [2.75, 3.05) is 10.2 Å². The molecule has 392 valence electrons. The largest absolute Gasteiger partial charge is 0.355 e. The van der Waals surface area contributed by atoms with E-state index in [9.17, 15) is 0 Å². The highest BCUT2D eigenvalue weighted by Gasteiger charge is 2.42. The van der Waals surface area contributed by atoms with Crippen LogP contribution in [-0.2, 0) is 39.9 Å². The van der Waals surface area contributed by atoms with Gasteiger partial charge in [-0.25, -0.2) is 0 Å². The second-order valence-corrected chi connectivity index (χ2v) is 28.7. The third kappa shape index (κ3) is 9.18. The Hall–Kier alpha value is -5.80. The molecule has 4 aliphatic rings. The van der Waals surface area contributed by atoms with E-state index in [1.54, 1.807) is 0 Å². The van der Waals surface area contributed by atoms with Gasteiger partial charge in [0.1, 0.15) is 0 Å². The SMILES string of the molecule is CCCc1cc(Nc2ccc(C)cc2)c(-c2cc3c(c4c2Bc2cc5c(cc2N4c2cccc(C(C)(C)CCC(C)(C)C)c2)C(C)(C)CCC5(C)C)Cc2ccccc2-3)cc1-c1cc2c(cc1C)C(C)(C)CCC2(C)C. The molecule has 0 amide bonds. The monoisotopic (exact) mass is 1000 g/mol. The van der Waals surface area contributed by atoms with E-state index in [0.29, 0.717) is 0 Å². The van der Waals surface area contributed by atoms with Crippen molar-refractivity contribution in [3.63, 3.8) is 0 Å². The minimum absolute atomic E-state index is 0.000393. The van der Waals surface area contributed by atoms with Crippen LogP contribution in [0.5, 0.6) is 0 Å². The van der Waals surface area contributed by atoms with Gasteiger partial charge in [-0.05, 0) is 223 Å². The van der Waals surface area contributed by atoms with Crippen LogP contribution in [0.15, 0.2) is 115 Å². The highest BCUT2D eigenvalue weighted by atomic mass is 15.2. The Morgan fingerprint density at radius 1 is 0.566 bits per heavy atom. The number of rotatable bonds is 10. The molecule has 76 heavy (non-hydrogen) atoms. The van der Waals surface area contributed by atoms with Crippen molar-refractivity contribution in [3.8, 4) is 33.4 Å². The van der Waals surface area contributed by atoms with Gasteiger partial charge in [0.05, 0.1) is 0 Å². The van der Waals surface area contributed by atoms with Gasteiger partial charge in [0, 0.05) is 40.4 Å². The first-order chi connectivity index (χ1) is 35.7. The predicted octanol–water partition coefficient (Wildman–Crippen LogP) is 18.9. The molecule has 0 saturated heterocycles. The highest BCUT2D eigenvalue weighted by Crippen LogP contribution is 2.54. The minimum Gasteiger partial charge on any atom is -0.355 e. The van der Waals surface area contributed by atoms with Crippen molar-refractivity contribution in [3.05, 3.63) is 171 Å². The number of nitrogens with one attached hydrogen (secondary N) is 1. The molecule has 1 N–H and O–H groups in total. The number of fused-ring (bicyclic) bond motifs is 8. The normalized spacial score (nSPS) is 17.4. The van der Waals surface area contributed by atoms with Crippen LogP contribution in [0.2, 0.25) is 0 Å². The third-order valence-electron chi connectivity index (χ3n) is 19.3. The van der Waals surface area contributed by atoms with Crippen molar-refractivity contribution in [2.24, 2.45) is 5.41 Å². The first-order valence-electron chi connectivity index (χ1n) is 29.3. The van der Waals surface area contributed by atoms with Gasteiger partial charge in [0.15, 0.2) is 7.28 Å². The average Bonchev–Trinajstić information content (AvgIpc) is 3.74. The summed E-state index contributed by atoms with van der Waals surface area (Å²) in [5.41, 5.74) is 32.3. The van der Waals surface area contributed by atoms with E-state index in [4.69, 9.17) is 0 Å². The van der Waals surface area contributed by atoms with Crippen LogP contribution < -0.4 is 21.1 Å². The maximum atomic E-state index is 4.11. The summed E-state index contributed by atoms with van der Waals surface area (Å²) >= 11 is 0. The lowest BCUT2D eigenvalue weighted by molar-refractivity contribution is 0.315. The summed E-state index contributed by atoms with van der Waals surface area (Å²) in [5, 5.41) is 4.11. The second-order valence-electron chi connectivity index (χ2n) is 28.7. The standard InChI is InChI=1S/C73H87BN2/c1-17-21-47-38-64(75-50-28-26-45(2)27-29-50)56(40-54(47)53-42-60-59(36-46(53)3)70(9,10)32-33-71(60,11)12)57-41-55-52-25-19-18-22-48(52)37-58(55)67-66(57)74-63-43-61-62(73(15,16)35-34-72(61,13)14)44-65(63)76(67)51-24-20-23-49(39-51)69(7,8)31-30-68(4,5)6/h18-20,22-29,36,38-44,74-75H,17,21,30-35,37H2,1-16H3. The Morgan fingerprint density at radius 3 is 1.84 bits per heavy atom. The summed E-state index contributed by atoms with van der Waals surface area (Å²) < 4.78 is 0. The summed E-state index contributed by atoms with van der Waals surface area (Å²) in [6.45, 7) is 38.9. The Labute approximate surface area is 459 Å². The molecule has 1 aliphatic heterocycles. The Balaban J connectivity index is 1.24. The van der Waals surface area contributed by atoms with E-state index in [2.05, 4.69) is 236 Å². The maximum absolute atomic E-state index is 4.11. The summed E-state index contributed by atoms with van der Waals surface area (Å²) in [5.74, 6) is 0. The molecule has 0 saturated carbocycles. The summed E-state index contributed by atoms with van der Waals surface area (Å²) in [7, 11) is 0.859. The zero-order chi connectivity index (χ0) is 54.1. The molecule has 1 heterocycles. The van der Waals surface area contributed by atoms with Gasteiger partial charge in [-0.1, -0.05) is 181 Å². The van der Waals surface area contributed by atoms with Crippen LogP contribution in [0, 0.1) is 19.3 Å². The molecule has 0 spiro atoms. The van der Waals surface area contributed by atoms with Crippen molar-refractivity contribution in [2.45, 2.75) is 196 Å². The first-order valence-corrected chi connectivity index (χ1v) is 29.3. The number of aryl methyl sites for hydroxylation is 3. The lowest BCUT2D eigenvalue weighted by atomic mass is 9.54. The summed E-state index contributed by atoms with van der Waals surface area (Å²) in [4.78, 5) is 2.76. The lowest BCUT2D eigenvalue weighted by Gasteiger charge is -2.45. The molecule has 3 heteroatoms. The molecule has 3 aliphatic carbocycles. The number of anilines is 5. The van der Waals surface area contributed by atoms with E-state index in [0.717, 1.165) is 38.7 Å². The molecule has 0 atom stereocenters. The highest BCUT2D eigenvalue weighted by molar-refractivity contribution is 6.73. The maximum Gasteiger partial charge on any atom is 0.198 e. The van der Waals surface area contributed by atoms with Crippen molar-refractivity contribution in [1.29, 1.82) is 0 Å². The van der Waals surface area contributed by atoms with Gasteiger partial charge < -0.3 is 10.2 Å². The zero-order valence-corrected chi connectivity index (χ0v) is 49.5. The fourth-order valence-corrected chi connectivity index (χ4v) is 14.0. The summed E-state index contributed by atoms with van der Waals surface area (Å²) in [6, 6.07) is 46.4. The van der Waals surface area contributed by atoms with Gasteiger partial charge in [-0.15, -0.1) is 0 Å². The number of hydrogen-bond donors (Lipinski definition) is 1. The number of nitrogens with zero attached hydrogens (tertiary/aromatic N) is 1. The first kappa shape index (κ1) is 52.3. The van der Waals surface area contributed by atoms with Crippen LogP contribution in [0.4, 0.5) is 28.4 Å². The van der Waals surface area contributed by atoms with E-state index >= 15 is 0 Å². The molecule has 7 aromatic carbocycles. The Morgan fingerprint density at radius 2 is 1.18 bits per heavy atom. The topological polar surface area (TPSA) is 15.3 Å². The molecule has 0 radical (unpaired) electrons. The molecule has 11 rings (SSSR count). The smallest absolute Gasteiger partial charge is 0.198 e. The van der Waals surface area contributed by atoms with Crippen molar-refractivity contribution in [1.82, 2.24) is 0 Å². The summed E-state index contributed by atoms with van der Waals surface area (Å²) in [6.07, 6.45) is 10.1. The van der Waals surface area contributed by atoms with Crippen LogP contribution in [0.25, 0.3) is 33.4 Å². The Bertz CT molecular complexity index is 3440. The molecular formula is C73H87BN2. The van der Waals surface area contributed by atoms with E-state index in [1.165, 1.54) is 155 Å². The van der Waals surface area contributed by atoms with Gasteiger partial charge in [0.25, 0.3) is 0 Å². The predicted molar refractivity (Wildman–Crippen MR) is 332 cm³/mol. The van der Waals surface area contributed by atoms with Gasteiger partial charge >= 0.3 is 0 Å². The van der Waals surface area contributed by atoms with Crippen LogP contribution in [-0.4, -0.2) is 7.28 Å². The van der Waals surface area contributed by atoms with Crippen LogP contribution in [0.1, 0.15) is 198 Å². The average molecular weight is 1000 g/mol. The fraction of sp³-hybridized carbons (Fsp3) is 0.425. The number of hydrogen-bond acceptors (Lipinski definition) is 2. The molecule has 0 bridgehead atoms. The van der Waals surface area contributed by atoms with E-state index in [1.807, 2.05) is 0 Å². The van der Waals surface area contributed by atoms with Crippen molar-refractivity contribution < 1.29 is 0 Å². The molecule has 0 fully saturated rings. The Kier molecular flexibility index (Phi) is 12.7. The second kappa shape index (κ2) is 18.4. The van der Waals surface area contributed by atoms with Gasteiger partial charge in [0.2, 0.25) is 0 Å². The van der Waals surface area contributed by atoms with Gasteiger partial charge in [-0.2, -0.15) is 0 Å². The molecule has 7 aromatic rings. The minimum atomic E-state index is -0.000393. The van der Waals surface area contributed by atoms with E-state index in [-0.39, 0.29) is 32.5 Å². The molecular weight excluding hydrogens is 916 g/mol. The molecule has 0 aromatic heterocycles. The van der Waals surface area contributed by atoms with Gasteiger partial charge in [-0.3, -0.25) is 0 Å².